The van der Waals surface area contributed by atoms with Crippen LogP contribution in [0, 0.1) is 13.8 Å². The number of aromatic nitrogens is 1. The Balaban J connectivity index is 2.16. The van der Waals surface area contributed by atoms with Crippen LogP contribution in [0.25, 0.3) is 0 Å². The molecule has 0 spiro atoms. The monoisotopic (exact) mass is 288 g/mol. The highest BCUT2D eigenvalue weighted by atomic mass is 32.2. The fraction of sp³-hybridized carbons (Fsp3) is 0.636. The van der Waals surface area contributed by atoms with E-state index in [1.807, 2.05) is 6.92 Å². The molecule has 1 aromatic heterocycles. The number of rotatable bonds is 2. The normalized spacial score (nSPS) is 26.2. The third-order valence-electron chi connectivity index (χ3n) is 3.03. The summed E-state index contributed by atoms with van der Waals surface area (Å²) in [5.74, 6) is -0.0646. The first kappa shape index (κ1) is 13.5. The Morgan fingerprint density at radius 1 is 1.44 bits per heavy atom. The van der Waals surface area contributed by atoms with Gasteiger partial charge in [-0.05, 0) is 27.2 Å². The molecule has 1 aliphatic heterocycles. The molecular weight excluding hydrogens is 272 g/mol. The minimum atomic E-state index is -3.01. The summed E-state index contributed by atoms with van der Waals surface area (Å²) in [4.78, 5) is 16.9. The van der Waals surface area contributed by atoms with Crippen molar-refractivity contribution in [3.05, 3.63) is 15.6 Å². The molecule has 2 heterocycles. The predicted octanol–water partition coefficient (Wildman–Crippen LogP) is 1.07. The summed E-state index contributed by atoms with van der Waals surface area (Å²) >= 11 is 1.33. The molecule has 1 amide bonds. The Hall–Kier alpha value is -0.950. The number of carbonyl (C=O) groups excluding carboxylic acids is 1. The molecule has 0 aliphatic carbocycles. The average Bonchev–Trinajstić information content (AvgIpc) is 2.67. The number of nitrogens with one attached hydrogen (secondary N) is 1. The van der Waals surface area contributed by atoms with E-state index in [0.29, 0.717) is 17.0 Å². The quantitative estimate of drug-likeness (QED) is 0.883. The van der Waals surface area contributed by atoms with Gasteiger partial charge in [0.2, 0.25) is 0 Å². The summed E-state index contributed by atoms with van der Waals surface area (Å²) in [7, 11) is -3.01. The van der Waals surface area contributed by atoms with Crippen LogP contribution in [-0.2, 0) is 9.84 Å². The van der Waals surface area contributed by atoms with Gasteiger partial charge in [-0.15, -0.1) is 11.3 Å². The lowest BCUT2D eigenvalue weighted by atomic mass is 10.0. The number of hydrogen-bond acceptors (Lipinski definition) is 5. The Kier molecular flexibility index (Phi) is 3.23. The highest BCUT2D eigenvalue weighted by Gasteiger charge is 2.39. The molecule has 18 heavy (non-hydrogen) atoms. The molecule has 0 bridgehead atoms. The molecule has 1 N–H and O–H groups in total. The second kappa shape index (κ2) is 4.31. The van der Waals surface area contributed by atoms with E-state index in [0.717, 1.165) is 5.01 Å². The van der Waals surface area contributed by atoms with Crippen LogP contribution in [0.5, 0.6) is 0 Å². The molecule has 1 atom stereocenters. The zero-order valence-corrected chi connectivity index (χ0v) is 12.2. The van der Waals surface area contributed by atoms with Crippen LogP contribution in [0.1, 0.15) is 33.7 Å². The van der Waals surface area contributed by atoms with Crippen molar-refractivity contribution in [1.82, 2.24) is 10.3 Å². The van der Waals surface area contributed by atoms with Crippen molar-refractivity contribution in [1.29, 1.82) is 0 Å². The van der Waals surface area contributed by atoms with Gasteiger partial charge in [0.25, 0.3) is 5.91 Å². The Morgan fingerprint density at radius 3 is 2.56 bits per heavy atom. The van der Waals surface area contributed by atoms with Crippen LogP contribution in [0.15, 0.2) is 0 Å². The van der Waals surface area contributed by atoms with Crippen molar-refractivity contribution >= 4 is 27.1 Å². The van der Waals surface area contributed by atoms with Gasteiger partial charge in [-0.3, -0.25) is 4.79 Å². The molecule has 1 fully saturated rings. The largest absolute Gasteiger partial charge is 0.345 e. The lowest BCUT2D eigenvalue weighted by molar-refractivity contribution is 0.0919. The van der Waals surface area contributed by atoms with Crippen molar-refractivity contribution in [2.45, 2.75) is 32.7 Å². The molecule has 5 nitrogen and oxygen atoms in total. The van der Waals surface area contributed by atoms with Gasteiger partial charge in [0, 0.05) is 0 Å². The van der Waals surface area contributed by atoms with Crippen molar-refractivity contribution in [3.8, 4) is 0 Å². The number of amides is 1. The van der Waals surface area contributed by atoms with E-state index in [9.17, 15) is 13.2 Å². The summed E-state index contributed by atoms with van der Waals surface area (Å²) in [6, 6.07) is 0. The van der Waals surface area contributed by atoms with Crippen LogP contribution in [0.2, 0.25) is 0 Å². The van der Waals surface area contributed by atoms with Gasteiger partial charge >= 0.3 is 0 Å². The van der Waals surface area contributed by atoms with E-state index in [-0.39, 0.29) is 17.4 Å². The SMILES string of the molecule is Cc1nc(C)c(C(=O)N[C@]2(C)CCS(=O)(=O)C2)s1. The van der Waals surface area contributed by atoms with E-state index in [1.165, 1.54) is 11.3 Å². The molecule has 2 rings (SSSR count). The van der Waals surface area contributed by atoms with E-state index in [4.69, 9.17) is 0 Å². The Labute approximate surface area is 111 Å². The third-order valence-corrected chi connectivity index (χ3v) is 6.00. The van der Waals surface area contributed by atoms with Gasteiger partial charge in [0.15, 0.2) is 9.84 Å². The van der Waals surface area contributed by atoms with Crippen LogP contribution in [0.4, 0.5) is 0 Å². The van der Waals surface area contributed by atoms with E-state index in [1.54, 1.807) is 13.8 Å². The van der Waals surface area contributed by atoms with Gasteiger partial charge in [-0.1, -0.05) is 0 Å². The minimum absolute atomic E-state index is 0.0164. The predicted molar refractivity (Wildman–Crippen MR) is 70.7 cm³/mol. The molecule has 1 aromatic rings. The molecule has 1 aliphatic rings. The highest BCUT2D eigenvalue weighted by Crippen LogP contribution is 2.25. The number of hydrogen-bond donors (Lipinski definition) is 1. The van der Waals surface area contributed by atoms with Gasteiger partial charge in [0.05, 0.1) is 27.7 Å². The zero-order chi connectivity index (χ0) is 13.6. The smallest absolute Gasteiger partial charge is 0.263 e. The second-order valence-corrected chi connectivity index (χ2v) is 8.39. The Bertz CT molecular complexity index is 591. The molecule has 0 radical (unpaired) electrons. The molecule has 7 heteroatoms. The topological polar surface area (TPSA) is 76.1 Å². The molecular formula is C11H16N2O3S2. The fourth-order valence-electron chi connectivity index (χ4n) is 2.18. The lowest BCUT2D eigenvalue weighted by Gasteiger charge is -2.23. The number of carbonyl (C=O) groups is 1. The van der Waals surface area contributed by atoms with Crippen molar-refractivity contribution < 1.29 is 13.2 Å². The number of nitrogens with zero attached hydrogens (tertiary/aromatic N) is 1. The van der Waals surface area contributed by atoms with Crippen molar-refractivity contribution in [2.24, 2.45) is 0 Å². The molecule has 1 saturated heterocycles. The fourth-order valence-corrected chi connectivity index (χ4v) is 5.09. The maximum absolute atomic E-state index is 12.1. The van der Waals surface area contributed by atoms with Crippen LogP contribution in [0.3, 0.4) is 0 Å². The summed E-state index contributed by atoms with van der Waals surface area (Å²) in [5.41, 5.74) is 0.0414. The first-order valence-electron chi connectivity index (χ1n) is 5.68. The summed E-state index contributed by atoms with van der Waals surface area (Å²) in [5, 5.41) is 3.67. The standard InChI is InChI=1S/C11H16N2O3S2/c1-7-9(17-8(2)12-7)10(14)13-11(3)4-5-18(15,16)6-11/h4-6H2,1-3H3,(H,13,14)/t11-/m1/s1. The maximum Gasteiger partial charge on any atom is 0.263 e. The summed E-state index contributed by atoms with van der Waals surface area (Å²) in [6.45, 7) is 5.40. The molecule has 0 aromatic carbocycles. The van der Waals surface area contributed by atoms with E-state index < -0.39 is 15.4 Å². The van der Waals surface area contributed by atoms with Crippen molar-refractivity contribution in [3.63, 3.8) is 0 Å². The number of aryl methyl sites for hydroxylation is 2. The summed E-state index contributed by atoms with van der Waals surface area (Å²) < 4.78 is 22.9. The van der Waals surface area contributed by atoms with E-state index in [2.05, 4.69) is 10.3 Å². The second-order valence-electron chi connectivity index (χ2n) is 5.00. The molecule has 0 saturated carbocycles. The van der Waals surface area contributed by atoms with Gasteiger partial charge in [-0.25, -0.2) is 13.4 Å². The zero-order valence-electron chi connectivity index (χ0n) is 10.6. The summed E-state index contributed by atoms with van der Waals surface area (Å²) in [6.07, 6.45) is 0.470. The van der Waals surface area contributed by atoms with Crippen LogP contribution < -0.4 is 5.32 Å². The van der Waals surface area contributed by atoms with E-state index >= 15 is 0 Å². The van der Waals surface area contributed by atoms with Crippen LogP contribution in [-0.4, -0.2) is 36.4 Å². The van der Waals surface area contributed by atoms with Gasteiger partial charge in [0.1, 0.15) is 4.88 Å². The van der Waals surface area contributed by atoms with Gasteiger partial charge in [-0.2, -0.15) is 0 Å². The number of sulfone groups is 1. The Morgan fingerprint density at radius 2 is 2.11 bits per heavy atom. The third kappa shape index (κ3) is 2.72. The molecule has 0 unspecified atom stereocenters. The van der Waals surface area contributed by atoms with Crippen LogP contribution >= 0.6 is 11.3 Å². The minimum Gasteiger partial charge on any atom is -0.345 e. The first-order valence-corrected chi connectivity index (χ1v) is 8.32. The van der Waals surface area contributed by atoms with Gasteiger partial charge < -0.3 is 5.32 Å². The number of thiazole rings is 1. The average molecular weight is 288 g/mol. The maximum atomic E-state index is 12.1. The lowest BCUT2D eigenvalue weighted by Crippen LogP contribution is -2.46. The first-order chi connectivity index (χ1) is 8.21. The molecule has 100 valence electrons. The highest BCUT2D eigenvalue weighted by molar-refractivity contribution is 7.91. The van der Waals surface area contributed by atoms with Crippen molar-refractivity contribution in [2.75, 3.05) is 11.5 Å².